The highest BCUT2D eigenvalue weighted by atomic mass is 35.5. The molecule has 0 saturated heterocycles. The van der Waals surface area contributed by atoms with Crippen molar-refractivity contribution in [2.24, 2.45) is 7.05 Å². The Morgan fingerprint density at radius 2 is 2.10 bits per heavy atom. The third-order valence-electron chi connectivity index (χ3n) is 3.43. The molecule has 4 aromatic rings. The summed E-state index contributed by atoms with van der Waals surface area (Å²) in [6.07, 6.45) is 3.98. The molecule has 98 valence electrons. The smallest absolute Gasteiger partial charge is 0.139 e. The highest BCUT2D eigenvalue weighted by molar-refractivity contribution is 6.29. The lowest BCUT2D eigenvalue weighted by Crippen LogP contribution is -1.84. The fraction of sp³-hybridized carbons (Fsp3) is 0.0667. The molecule has 0 radical (unpaired) electrons. The number of hydrogen-bond acceptors (Lipinski definition) is 2. The zero-order valence-electron chi connectivity index (χ0n) is 10.8. The molecule has 4 rings (SSSR count). The summed E-state index contributed by atoms with van der Waals surface area (Å²) >= 11 is 5.91. The van der Waals surface area contributed by atoms with Crippen molar-refractivity contribution in [1.82, 2.24) is 19.7 Å². The van der Waals surface area contributed by atoms with Crippen molar-refractivity contribution < 1.29 is 0 Å². The molecule has 0 aliphatic carbocycles. The van der Waals surface area contributed by atoms with Gasteiger partial charge in [-0.2, -0.15) is 5.10 Å². The van der Waals surface area contributed by atoms with Gasteiger partial charge in [0.25, 0.3) is 0 Å². The first-order chi connectivity index (χ1) is 9.70. The molecule has 4 nitrogen and oxygen atoms in total. The van der Waals surface area contributed by atoms with Gasteiger partial charge in [0, 0.05) is 35.8 Å². The molecule has 0 fully saturated rings. The number of halogens is 1. The van der Waals surface area contributed by atoms with Gasteiger partial charge in [0.05, 0.1) is 5.52 Å². The summed E-state index contributed by atoms with van der Waals surface area (Å²) in [6, 6.07) is 10.0. The minimum atomic E-state index is 0.494. The molecule has 1 N–H and O–H groups in total. The fourth-order valence-electron chi connectivity index (χ4n) is 2.54. The molecular formula is C15H11ClN4. The van der Waals surface area contributed by atoms with Crippen molar-refractivity contribution in [2.75, 3.05) is 0 Å². The standard InChI is InChI=1S/C15H11ClN4/c1-20-8-10-6-9(2-4-13(10)19-20)12-7-17-15-11(12)3-5-14(16)18-15/h2-8H,1H3,(H,17,18). The Bertz CT molecular complexity index is 936. The summed E-state index contributed by atoms with van der Waals surface area (Å²) in [4.78, 5) is 7.45. The second kappa shape index (κ2) is 4.08. The van der Waals surface area contributed by atoms with Crippen molar-refractivity contribution in [3.05, 3.63) is 47.9 Å². The third kappa shape index (κ3) is 1.69. The maximum absolute atomic E-state index is 5.91. The van der Waals surface area contributed by atoms with E-state index in [1.807, 2.05) is 42.3 Å². The number of rotatable bonds is 1. The topological polar surface area (TPSA) is 46.5 Å². The van der Waals surface area contributed by atoms with Gasteiger partial charge in [-0.3, -0.25) is 4.68 Å². The van der Waals surface area contributed by atoms with Crippen LogP contribution in [0.4, 0.5) is 0 Å². The van der Waals surface area contributed by atoms with Gasteiger partial charge in [0.2, 0.25) is 0 Å². The van der Waals surface area contributed by atoms with E-state index in [1.54, 1.807) is 0 Å². The number of aromatic amines is 1. The highest BCUT2D eigenvalue weighted by Crippen LogP contribution is 2.30. The van der Waals surface area contributed by atoms with Crippen LogP contribution in [-0.2, 0) is 7.05 Å². The van der Waals surface area contributed by atoms with Crippen LogP contribution in [0.15, 0.2) is 42.7 Å². The molecule has 3 aromatic heterocycles. The molecule has 0 atom stereocenters. The molecular weight excluding hydrogens is 272 g/mol. The van der Waals surface area contributed by atoms with Gasteiger partial charge in [0.1, 0.15) is 10.8 Å². The number of nitrogens with one attached hydrogen (secondary N) is 1. The van der Waals surface area contributed by atoms with Gasteiger partial charge in [-0.05, 0) is 29.8 Å². The summed E-state index contributed by atoms with van der Waals surface area (Å²) in [5, 5.41) is 7.08. The van der Waals surface area contributed by atoms with Crippen LogP contribution in [0.25, 0.3) is 33.1 Å². The van der Waals surface area contributed by atoms with Gasteiger partial charge in [-0.1, -0.05) is 17.7 Å². The summed E-state index contributed by atoms with van der Waals surface area (Å²) < 4.78 is 1.82. The summed E-state index contributed by atoms with van der Waals surface area (Å²) in [6.45, 7) is 0. The lowest BCUT2D eigenvalue weighted by Gasteiger charge is -1.99. The van der Waals surface area contributed by atoms with Crippen LogP contribution in [0.1, 0.15) is 0 Å². The second-order valence-corrected chi connectivity index (χ2v) is 5.20. The number of hydrogen-bond donors (Lipinski definition) is 1. The van der Waals surface area contributed by atoms with E-state index in [4.69, 9.17) is 11.6 Å². The van der Waals surface area contributed by atoms with Crippen molar-refractivity contribution in [3.8, 4) is 11.1 Å². The maximum Gasteiger partial charge on any atom is 0.139 e. The number of H-pyrrole nitrogens is 1. The lowest BCUT2D eigenvalue weighted by atomic mass is 10.0. The average molecular weight is 283 g/mol. The predicted octanol–water partition coefficient (Wildman–Crippen LogP) is 3.77. The number of aryl methyl sites for hydroxylation is 1. The molecule has 0 bridgehead atoms. The van der Waals surface area contributed by atoms with E-state index in [9.17, 15) is 0 Å². The van der Waals surface area contributed by atoms with Gasteiger partial charge in [-0.25, -0.2) is 4.98 Å². The number of pyridine rings is 1. The van der Waals surface area contributed by atoms with Crippen LogP contribution >= 0.6 is 11.6 Å². The normalized spacial score (nSPS) is 11.5. The molecule has 0 spiro atoms. The van der Waals surface area contributed by atoms with Crippen LogP contribution in [0, 0.1) is 0 Å². The van der Waals surface area contributed by atoms with Crippen molar-refractivity contribution >= 4 is 33.5 Å². The quantitative estimate of drug-likeness (QED) is 0.540. The fourth-order valence-corrected chi connectivity index (χ4v) is 2.68. The number of fused-ring (bicyclic) bond motifs is 2. The molecule has 1 aromatic carbocycles. The Hall–Kier alpha value is -2.33. The Morgan fingerprint density at radius 1 is 1.20 bits per heavy atom. The summed E-state index contributed by atoms with van der Waals surface area (Å²) in [5.74, 6) is 0. The van der Waals surface area contributed by atoms with Crippen LogP contribution in [-0.4, -0.2) is 19.7 Å². The van der Waals surface area contributed by atoms with Gasteiger partial charge < -0.3 is 4.98 Å². The number of nitrogens with zero attached hydrogens (tertiary/aromatic N) is 3. The Balaban J connectivity index is 1.95. The average Bonchev–Trinajstić information content (AvgIpc) is 2.99. The first-order valence-corrected chi connectivity index (χ1v) is 6.66. The second-order valence-electron chi connectivity index (χ2n) is 4.81. The molecule has 0 saturated carbocycles. The highest BCUT2D eigenvalue weighted by Gasteiger charge is 2.09. The molecule has 5 heteroatoms. The van der Waals surface area contributed by atoms with E-state index < -0.39 is 0 Å². The van der Waals surface area contributed by atoms with E-state index >= 15 is 0 Å². The minimum Gasteiger partial charge on any atom is -0.345 e. The largest absolute Gasteiger partial charge is 0.345 e. The summed E-state index contributed by atoms with van der Waals surface area (Å²) in [7, 11) is 1.93. The van der Waals surface area contributed by atoms with E-state index in [0.29, 0.717) is 5.15 Å². The summed E-state index contributed by atoms with van der Waals surface area (Å²) in [5.41, 5.74) is 4.06. The zero-order valence-corrected chi connectivity index (χ0v) is 11.5. The number of benzene rings is 1. The molecule has 0 amide bonds. The third-order valence-corrected chi connectivity index (χ3v) is 3.65. The Labute approximate surface area is 120 Å². The minimum absolute atomic E-state index is 0.494. The van der Waals surface area contributed by atoms with Crippen LogP contribution in [0.2, 0.25) is 5.15 Å². The van der Waals surface area contributed by atoms with E-state index in [2.05, 4.69) is 27.2 Å². The maximum atomic E-state index is 5.91. The first-order valence-electron chi connectivity index (χ1n) is 6.28. The monoisotopic (exact) mass is 282 g/mol. The first kappa shape index (κ1) is 11.5. The Kier molecular flexibility index (Phi) is 2.35. The molecule has 0 unspecified atom stereocenters. The van der Waals surface area contributed by atoms with Crippen molar-refractivity contribution in [3.63, 3.8) is 0 Å². The van der Waals surface area contributed by atoms with Crippen molar-refractivity contribution in [2.45, 2.75) is 0 Å². The lowest BCUT2D eigenvalue weighted by molar-refractivity contribution is 0.780. The molecule has 0 aliphatic heterocycles. The van der Waals surface area contributed by atoms with E-state index in [-0.39, 0.29) is 0 Å². The SMILES string of the molecule is Cn1cc2cc(-c3c[nH]c4nc(Cl)ccc34)ccc2n1. The van der Waals surface area contributed by atoms with Gasteiger partial charge in [-0.15, -0.1) is 0 Å². The molecule has 3 heterocycles. The van der Waals surface area contributed by atoms with Crippen LogP contribution in [0.3, 0.4) is 0 Å². The Morgan fingerprint density at radius 3 is 3.00 bits per heavy atom. The number of aromatic nitrogens is 4. The van der Waals surface area contributed by atoms with E-state index in [1.165, 1.54) is 0 Å². The van der Waals surface area contributed by atoms with Gasteiger partial charge in [0.15, 0.2) is 0 Å². The van der Waals surface area contributed by atoms with E-state index in [0.717, 1.165) is 33.1 Å². The van der Waals surface area contributed by atoms with Crippen LogP contribution in [0.5, 0.6) is 0 Å². The molecule has 20 heavy (non-hydrogen) atoms. The zero-order chi connectivity index (χ0) is 13.7. The van der Waals surface area contributed by atoms with Crippen LogP contribution < -0.4 is 0 Å². The van der Waals surface area contributed by atoms with Crippen molar-refractivity contribution in [1.29, 1.82) is 0 Å². The predicted molar refractivity (Wildman–Crippen MR) is 80.8 cm³/mol. The van der Waals surface area contributed by atoms with Gasteiger partial charge >= 0.3 is 0 Å². The molecule has 0 aliphatic rings.